The third kappa shape index (κ3) is 3.55. The zero-order valence-corrected chi connectivity index (χ0v) is 17.5. The van der Waals surface area contributed by atoms with Gasteiger partial charge in [-0.25, -0.2) is 9.37 Å². The molecule has 1 aromatic carbocycles. The number of fused-ring (bicyclic) bond motifs is 1. The maximum Gasteiger partial charge on any atom is 0.261 e. The van der Waals surface area contributed by atoms with E-state index in [-0.39, 0.29) is 11.4 Å². The van der Waals surface area contributed by atoms with Crippen LogP contribution in [0.2, 0.25) is 0 Å². The normalized spacial score (nSPS) is 18.4. The van der Waals surface area contributed by atoms with Gasteiger partial charge in [0, 0.05) is 12.6 Å². The summed E-state index contributed by atoms with van der Waals surface area (Å²) in [4.78, 5) is 17.5. The van der Waals surface area contributed by atoms with E-state index in [1.165, 1.54) is 4.57 Å². The molecule has 146 valence electrons. The summed E-state index contributed by atoms with van der Waals surface area (Å²) >= 11 is -1.44. The molecule has 1 unspecified atom stereocenters. The summed E-state index contributed by atoms with van der Waals surface area (Å²) in [5, 5.41) is 0.426. The Morgan fingerprint density at radius 1 is 1.37 bits per heavy atom. The summed E-state index contributed by atoms with van der Waals surface area (Å²) in [6, 6.07) is 3.63. The fraction of sp³-hybridized carbons (Fsp3) is 0.550. The van der Waals surface area contributed by atoms with Crippen LogP contribution >= 0.6 is 0 Å². The molecule has 1 saturated carbocycles. The highest BCUT2D eigenvalue weighted by Crippen LogP contribution is 2.44. The maximum absolute atomic E-state index is 15.1. The van der Waals surface area contributed by atoms with Crippen LogP contribution in [-0.2, 0) is 24.1 Å². The van der Waals surface area contributed by atoms with E-state index < -0.39 is 21.8 Å². The molecular weight excluding hydrogens is 365 g/mol. The summed E-state index contributed by atoms with van der Waals surface area (Å²) < 4.78 is 32.7. The highest BCUT2D eigenvalue weighted by molar-refractivity contribution is 7.91. The minimum Gasteiger partial charge on any atom is -0.591 e. The molecule has 5 nitrogen and oxygen atoms in total. The van der Waals surface area contributed by atoms with Crippen LogP contribution in [0.3, 0.4) is 0 Å². The van der Waals surface area contributed by atoms with Crippen molar-refractivity contribution in [2.24, 2.45) is 11.4 Å². The van der Waals surface area contributed by atoms with Gasteiger partial charge >= 0.3 is 0 Å². The third-order valence-electron chi connectivity index (χ3n) is 5.01. The molecule has 0 radical (unpaired) electrons. The lowest BCUT2D eigenvalue weighted by Crippen LogP contribution is -2.37. The second-order valence-electron chi connectivity index (χ2n) is 8.37. The summed E-state index contributed by atoms with van der Waals surface area (Å²) in [5.74, 6) is 0.168. The minimum atomic E-state index is -1.55. The monoisotopic (exact) mass is 391 g/mol. The fourth-order valence-electron chi connectivity index (χ4n) is 3.22. The zero-order chi connectivity index (χ0) is 20.1. The Balaban J connectivity index is 2.27. The highest BCUT2D eigenvalue weighted by atomic mass is 32.2. The van der Waals surface area contributed by atoms with Crippen molar-refractivity contribution in [3.8, 4) is 0 Å². The molecule has 0 aliphatic heterocycles. The standard InChI is InChI=1S/C20H26FN3O2S/c1-12-10-14(13(2)23-27(26)19(3,4)5)16-15(11-12)17(25)24(6)18(22-16)20(21)8-7-9-20/h10-11H,7-9H2,1-6H3. The van der Waals surface area contributed by atoms with E-state index in [1.807, 2.05) is 33.8 Å². The quantitative estimate of drug-likeness (QED) is 0.589. The van der Waals surface area contributed by atoms with Crippen LogP contribution in [0.15, 0.2) is 21.3 Å². The van der Waals surface area contributed by atoms with Gasteiger partial charge in [-0.3, -0.25) is 9.36 Å². The van der Waals surface area contributed by atoms with E-state index in [0.717, 1.165) is 12.0 Å². The molecule has 0 N–H and O–H groups in total. The van der Waals surface area contributed by atoms with Gasteiger partial charge in [-0.05, 0) is 71.6 Å². The Bertz CT molecular complexity index is 987. The van der Waals surface area contributed by atoms with Crippen LogP contribution < -0.4 is 5.56 Å². The van der Waals surface area contributed by atoms with Crippen LogP contribution in [0, 0.1) is 6.92 Å². The molecule has 1 heterocycles. The minimum absolute atomic E-state index is 0.168. The number of halogens is 1. The second-order valence-corrected chi connectivity index (χ2v) is 10.3. The molecular formula is C20H26FN3O2S. The van der Waals surface area contributed by atoms with Gasteiger partial charge in [-0.2, -0.15) is 0 Å². The first kappa shape index (κ1) is 20.0. The van der Waals surface area contributed by atoms with Gasteiger partial charge in [0.25, 0.3) is 5.56 Å². The molecule has 1 aliphatic carbocycles. The van der Waals surface area contributed by atoms with Crippen molar-refractivity contribution in [3.05, 3.63) is 39.4 Å². The van der Waals surface area contributed by atoms with Crippen LogP contribution in [0.5, 0.6) is 0 Å². The van der Waals surface area contributed by atoms with Gasteiger partial charge in [0.1, 0.15) is 21.9 Å². The van der Waals surface area contributed by atoms with Crippen molar-refractivity contribution in [1.29, 1.82) is 0 Å². The van der Waals surface area contributed by atoms with Gasteiger partial charge < -0.3 is 4.55 Å². The number of alkyl halides is 1. The Kier molecular flexibility index (Phi) is 4.97. The topological polar surface area (TPSA) is 70.3 Å². The summed E-state index contributed by atoms with van der Waals surface area (Å²) in [6.07, 6.45) is 1.54. The smallest absolute Gasteiger partial charge is 0.261 e. The molecule has 1 atom stereocenters. The molecule has 27 heavy (non-hydrogen) atoms. The van der Waals surface area contributed by atoms with Crippen LogP contribution in [-0.4, -0.2) is 24.6 Å². The number of aryl methyl sites for hydroxylation is 1. The predicted octanol–water partition coefficient (Wildman–Crippen LogP) is 3.86. The average Bonchev–Trinajstić information content (AvgIpc) is 2.54. The van der Waals surface area contributed by atoms with Crippen molar-refractivity contribution < 1.29 is 8.94 Å². The van der Waals surface area contributed by atoms with Crippen molar-refractivity contribution in [2.75, 3.05) is 0 Å². The van der Waals surface area contributed by atoms with Crippen molar-refractivity contribution in [2.45, 2.75) is 64.3 Å². The number of rotatable bonds is 3. The fourth-order valence-corrected chi connectivity index (χ4v) is 3.84. The largest absolute Gasteiger partial charge is 0.591 e. The van der Waals surface area contributed by atoms with Gasteiger partial charge in [0.05, 0.1) is 16.6 Å². The van der Waals surface area contributed by atoms with Gasteiger partial charge in [-0.1, -0.05) is 4.40 Å². The molecule has 0 bridgehead atoms. The van der Waals surface area contributed by atoms with Crippen LogP contribution in [0.1, 0.15) is 63.9 Å². The zero-order valence-electron chi connectivity index (χ0n) is 16.7. The highest BCUT2D eigenvalue weighted by Gasteiger charge is 2.43. The average molecular weight is 392 g/mol. The second kappa shape index (κ2) is 6.71. The molecule has 0 amide bonds. The lowest BCUT2D eigenvalue weighted by atomic mass is 9.81. The van der Waals surface area contributed by atoms with Crippen molar-refractivity contribution >= 4 is 28.0 Å². The van der Waals surface area contributed by atoms with Gasteiger partial charge in [0.2, 0.25) is 0 Å². The Hall–Kier alpha value is -1.73. The maximum atomic E-state index is 15.1. The molecule has 3 rings (SSSR count). The summed E-state index contributed by atoms with van der Waals surface area (Å²) in [5.41, 5.74) is 0.640. The van der Waals surface area contributed by atoms with Crippen molar-refractivity contribution in [3.63, 3.8) is 0 Å². The Labute approximate surface area is 162 Å². The number of aromatic nitrogens is 2. The third-order valence-corrected chi connectivity index (χ3v) is 6.49. The Morgan fingerprint density at radius 3 is 2.52 bits per heavy atom. The molecule has 1 aromatic heterocycles. The first-order valence-corrected chi connectivity index (χ1v) is 10.2. The molecule has 1 fully saturated rings. The lowest BCUT2D eigenvalue weighted by molar-refractivity contribution is 0.0465. The van der Waals surface area contributed by atoms with Gasteiger partial charge in [0.15, 0.2) is 5.67 Å². The molecule has 2 aromatic rings. The number of benzene rings is 1. The first-order valence-electron chi connectivity index (χ1n) is 9.12. The van der Waals surface area contributed by atoms with Gasteiger partial charge in [-0.15, -0.1) is 0 Å². The summed E-state index contributed by atoms with van der Waals surface area (Å²) in [7, 11) is 1.57. The molecule has 0 spiro atoms. The first-order chi connectivity index (χ1) is 12.4. The number of hydrogen-bond acceptors (Lipinski definition) is 4. The van der Waals surface area contributed by atoms with E-state index in [0.29, 0.717) is 35.0 Å². The molecule has 0 saturated heterocycles. The number of nitrogens with zero attached hydrogens (tertiary/aromatic N) is 3. The summed E-state index contributed by atoms with van der Waals surface area (Å²) in [6.45, 7) is 9.19. The van der Waals surface area contributed by atoms with Crippen LogP contribution in [0.25, 0.3) is 10.9 Å². The molecule has 7 heteroatoms. The van der Waals surface area contributed by atoms with Crippen molar-refractivity contribution in [1.82, 2.24) is 9.55 Å². The predicted molar refractivity (Wildman–Crippen MR) is 108 cm³/mol. The van der Waals surface area contributed by atoms with E-state index in [9.17, 15) is 9.35 Å². The van der Waals surface area contributed by atoms with E-state index >= 15 is 4.39 Å². The lowest BCUT2D eigenvalue weighted by Gasteiger charge is -2.34. The van der Waals surface area contributed by atoms with E-state index in [2.05, 4.69) is 9.38 Å². The van der Waals surface area contributed by atoms with Crippen LogP contribution in [0.4, 0.5) is 4.39 Å². The number of hydrogen-bond donors (Lipinski definition) is 0. The Morgan fingerprint density at radius 2 is 2.00 bits per heavy atom. The molecule has 1 aliphatic rings. The SMILES string of the molecule is CC(=N[S+]([O-])C(C)(C)C)c1cc(C)cc2c(=O)n(C)c(C3(F)CCC3)nc12. The van der Waals surface area contributed by atoms with E-state index in [4.69, 9.17) is 0 Å². The van der Waals surface area contributed by atoms with E-state index in [1.54, 1.807) is 20.0 Å².